The first-order valence-electron chi connectivity index (χ1n) is 3.28. The monoisotopic (exact) mass is 250 g/mol. The van der Waals surface area contributed by atoms with Crippen LogP contribution >= 0.6 is 15.9 Å². The highest BCUT2D eigenvalue weighted by molar-refractivity contribution is 9.10. The van der Waals surface area contributed by atoms with E-state index < -0.39 is 11.6 Å². The summed E-state index contributed by atoms with van der Waals surface area (Å²) in [6.45, 7) is 0. The molecule has 0 radical (unpaired) electrons. The molecule has 1 aromatic carbocycles. The van der Waals surface area contributed by atoms with Gasteiger partial charge in [-0.1, -0.05) is 0 Å². The van der Waals surface area contributed by atoms with Crippen molar-refractivity contribution in [2.45, 2.75) is 0 Å². The van der Waals surface area contributed by atoms with Gasteiger partial charge in [0.2, 0.25) is 5.82 Å². The predicted molar refractivity (Wildman–Crippen MR) is 46.0 cm³/mol. The van der Waals surface area contributed by atoms with Crippen molar-refractivity contribution in [3.8, 4) is 5.75 Å². The molecular formula is C8H5BrF2O2. The van der Waals surface area contributed by atoms with Gasteiger partial charge in [-0.05, 0) is 22.0 Å². The van der Waals surface area contributed by atoms with Crippen LogP contribution in [-0.2, 0) is 0 Å². The largest absolute Gasteiger partial charge is 0.492 e. The molecule has 0 N–H and O–H groups in total. The van der Waals surface area contributed by atoms with Gasteiger partial charge < -0.3 is 4.74 Å². The third kappa shape index (κ3) is 1.70. The fraction of sp³-hybridized carbons (Fsp3) is 0.125. The summed E-state index contributed by atoms with van der Waals surface area (Å²) < 4.78 is 30.7. The molecule has 0 saturated carbocycles. The zero-order chi connectivity index (χ0) is 10.0. The van der Waals surface area contributed by atoms with Gasteiger partial charge in [-0.2, -0.15) is 4.39 Å². The normalized spacial score (nSPS) is 9.85. The molecule has 0 aromatic heterocycles. The van der Waals surface area contributed by atoms with Crippen LogP contribution in [0.25, 0.3) is 0 Å². The van der Waals surface area contributed by atoms with Crippen LogP contribution in [0.2, 0.25) is 0 Å². The van der Waals surface area contributed by atoms with Crippen molar-refractivity contribution in [3.05, 3.63) is 27.7 Å². The average Bonchev–Trinajstić information content (AvgIpc) is 2.12. The Morgan fingerprint density at radius 2 is 2.08 bits per heavy atom. The summed E-state index contributed by atoms with van der Waals surface area (Å²) in [5.74, 6) is -2.61. The molecule has 0 unspecified atom stereocenters. The first kappa shape index (κ1) is 10.1. The van der Waals surface area contributed by atoms with Gasteiger partial charge >= 0.3 is 0 Å². The van der Waals surface area contributed by atoms with E-state index in [1.165, 1.54) is 7.11 Å². The minimum Gasteiger partial charge on any atom is -0.492 e. The maximum absolute atomic E-state index is 13.0. The van der Waals surface area contributed by atoms with Crippen molar-refractivity contribution < 1.29 is 18.3 Å². The topological polar surface area (TPSA) is 26.3 Å². The number of methoxy groups -OCH3 is 1. The van der Waals surface area contributed by atoms with Crippen LogP contribution in [0.1, 0.15) is 10.4 Å². The molecule has 0 bridgehead atoms. The lowest BCUT2D eigenvalue weighted by molar-refractivity contribution is 0.111. The minimum absolute atomic E-state index is 0.205. The Morgan fingerprint density at radius 3 is 2.54 bits per heavy atom. The van der Waals surface area contributed by atoms with Gasteiger partial charge in [0.1, 0.15) is 0 Å². The highest BCUT2D eigenvalue weighted by atomic mass is 79.9. The minimum atomic E-state index is -1.20. The summed E-state index contributed by atoms with van der Waals surface area (Å²) in [6, 6.07) is 1.16. The summed E-state index contributed by atoms with van der Waals surface area (Å²) in [7, 11) is 1.21. The summed E-state index contributed by atoms with van der Waals surface area (Å²) in [5, 5.41) is 0. The van der Waals surface area contributed by atoms with Gasteiger partial charge in [0.05, 0.1) is 17.1 Å². The van der Waals surface area contributed by atoms with Crippen molar-refractivity contribution in [2.75, 3.05) is 7.11 Å². The van der Waals surface area contributed by atoms with Crippen LogP contribution in [0, 0.1) is 11.6 Å². The fourth-order valence-electron chi connectivity index (χ4n) is 0.870. The summed E-state index contributed by atoms with van der Waals surface area (Å²) in [5.41, 5.74) is -0.342. The molecule has 2 nitrogen and oxygen atoms in total. The standard InChI is InChI=1S/C8H5BrF2O2/c1-13-8-5(9)2-4(3-12)6(10)7(8)11/h2-3H,1H3. The maximum atomic E-state index is 13.0. The zero-order valence-electron chi connectivity index (χ0n) is 6.61. The Bertz CT molecular complexity index is 352. The number of aldehydes is 1. The number of carbonyl (C=O) groups excluding carboxylic acids is 1. The molecule has 0 aliphatic rings. The van der Waals surface area contributed by atoms with E-state index in [0.29, 0.717) is 0 Å². The predicted octanol–water partition coefficient (Wildman–Crippen LogP) is 2.55. The Hall–Kier alpha value is -0.970. The second kappa shape index (κ2) is 3.83. The lowest BCUT2D eigenvalue weighted by Crippen LogP contribution is -1.98. The van der Waals surface area contributed by atoms with Crippen LogP contribution in [0.4, 0.5) is 8.78 Å². The third-order valence-electron chi connectivity index (χ3n) is 1.48. The highest BCUT2D eigenvalue weighted by Gasteiger charge is 2.17. The number of hydrogen-bond acceptors (Lipinski definition) is 2. The lowest BCUT2D eigenvalue weighted by Gasteiger charge is -2.06. The van der Waals surface area contributed by atoms with Crippen LogP contribution < -0.4 is 4.74 Å². The Labute approximate surface area is 81.6 Å². The number of hydrogen-bond donors (Lipinski definition) is 0. The van der Waals surface area contributed by atoms with Gasteiger partial charge in [0.25, 0.3) is 0 Å². The second-order valence-corrected chi connectivity index (χ2v) is 3.08. The number of rotatable bonds is 2. The van der Waals surface area contributed by atoms with E-state index in [0.717, 1.165) is 6.07 Å². The Balaban J connectivity index is 3.45. The van der Waals surface area contributed by atoms with Gasteiger partial charge in [0.15, 0.2) is 17.9 Å². The number of ether oxygens (including phenoxy) is 1. The van der Waals surface area contributed by atoms with E-state index in [4.69, 9.17) is 0 Å². The Kier molecular flexibility index (Phi) is 2.98. The van der Waals surface area contributed by atoms with Crippen LogP contribution in [-0.4, -0.2) is 13.4 Å². The molecule has 0 saturated heterocycles. The van der Waals surface area contributed by atoms with Gasteiger partial charge in [0, 0.05) is 0 Å². The number of halogens is 3. The van der Waals surface area contributed by atoms with Gasteiger partial charge in [-0.3, -0.25) is 4.79 Å². The van der Waals surface area contributed by atoms with Crippen molar-refractivity contribution >= 4 is 22.2 Å². The van der Waals surface area contributed by atoms with Crippen molar-refractivity contribution in [1.82, 2.24) is 0 Å². The summed E-state index contributed by atoms with van der Waals surface area (Å²) >= 11 is 2.94. The molecule has 1 rings (SSSR count). The smallest absolute Gasteiger partial charge is 0.202 e. The van der Waals surface area contributed by atoms with Crippen LogP contribution in [0.15, 0.2) is 10.5 Å². The highest BCUT2D eigenvalue weighted by Crippen LogP contribution is 2.31. The van der Waals surface area contributed by atoms with Crippen molar-refractivity contribution in [3.63, 3.8) is 0 Å². The molecule has 70 valence electrons. The number of carbonyl (C=O) groups is 1. The number of benzene rings is 1. The van der Waals surface area contributed by atoms with E-state index >= 15 is 0 Å². The molecule has 0 aliphatic carbocycles. The Morgan fingerprint density at radius 1 is 1.46 bits per heavy atom. The summed E-state index contributed by atoms with van der Waals surface area (Å²) in [4.78, 5) is 10.3. The van der Waals surface area contributed by atoms with E-state index in [9.17, 15) is 13.6 Å². The van der Waals surface area contributed by atoms with Gasteiger partial charge in [-0.25, -0.2) is 4.39 Å². The first-order chi connectivity index (χ1) is 6.11. The van der Waals surface area contributed by atoms with Gasteiger partial charge in [-0.15, -0.1) is 0 Å². The average molecular weight is 251 g/mol. The molecule has 0 aliphatic heterocycles. The second-order valence-electron chi connectivity index (χ2n) is 2.23. The SMILES string of the molecule is COc1c(Br)cc(C=O)c(F)c1F. The molecule has 5 heteroatoms. The van der Waals surface area contributed by atoms with E-state index in [1.54, 1.807) is 0 Å². The molecular weight excluding hydrogens is 246 g/mol. The molecule has 0 amide bonds. The molecule has 0 atom stereocenters. The fourth-order valence-corrected chi connectivity index (χ4v) is 1.45. The lowest BCUT2D eigenvalue weighted by atomic mass is 10.2. The van der Waals surface area contributed by atoms with E-state index in [2.05, 4.69) is 20.7 Å². The van der Waals surface area contributed by atoms with Crippen molar-refractivity contribution in [1.29, 1.82) is 0 Å². The van der Waals surface area contributed by atoms with Crippen LogP contribution in [0.5, 0.6) is 5.75 Å². The maximum Gasteiger partial charge on any atom is 0.202 e. The summed E-state index contributed by atoms with van der Waals surface area (Å²) in [6.07, 6.45) is 0.239. The third-order valence-corrected chi connectivity index (χ3v) is 2.06. The molecule has 0 heterocycles. The molecule has 13 heavy (non-hydrogen) atoms. The molecule has 0 fully saturated rings. The molecule has 0 spiro atoms. The molecule has 1 aromatic rings. The quantitative estimate of drug-likeness (QED) is 0.596. The van der Waals surface area contributed by atoms with Crippen LogP contribution in [0.3, 0.4) is 0 Å². The van der Waals surface area contributed by atoms with E-state index in [-0.39, 0.29) is 22.1 Å². The van der Waals surface area contributed by atoms with Crippen molar-refractivity contribution in [2.24, 2.45) is 0 Å². The zero-order valence-corrected chi connectivity index (χ0v) is 8.19. The van der Waals surface area contributed by atoms with E-state index in [1.807, 2.05) is 0 Å². The first-order valence-corrected chi connectivity index (χ1v) is 4.07.